The number of amides is 2. The van der Waals surface area contributed by atoms with Gasteiger partial charge in [0, 0.05) is 36.8 Å². The number of anilines is 1. The fraction of sp³-hybridized carbons (Fsp3) is 0.333. The molecule has 0 radical (unpaired) electrons. The number of nitrogens with one attached hydrogen (secondary N) is 1. The molecular weight excluding hydrogens is 354 g/mol. The molecule has 28 heavy (non-hydrogen) atoms. The van der Waals surface area contributed by atoms with Crippen molar-refractivity contribution in [2.24, 2.45) is 5.92 Å². The molecule has 2 amide bonds. The van der Waals surface area contributed by atoms with E-state index in [1.807, 2.05) is 50.4 Å². The lowest BCUT2D eigenvalue weighted by Gasteiger charge is -2.16. The summed E-state index contributed by atoms with van der Waals surface area (Å²) in [6.07, 6.45) is 4.59. The zero-order valence-electron chi connectivity index (χ0n) is 16.1. The zero-order chi connectivity index (χ0) is 19.7. The normalized spacial score (nSPS) is 13.5. The Morgan fingerprint density at radius 2 is 1.96 bits per heavy atom. The Balaban J connectivity index is 1.60. The van der Waals surface area contributed by atoms with E-state index < -0.39 is 0 Å². The van der Waals surface area contributed by atoms with Crippen LogP contribution in [-0.2, 0) is 4.79 Å². The first kappa shape index (κ1) is 18.2. The van der Waals surface area contributed by atoms with Crippen molar-refractivity contribution >= 4 is 23.4 Å². The van der Waals surface area contributed by atoms with Crippen molar-refractivity contribution < 1.29 is 9.59 Å². The Bertz CT molecular complexity index is 1020. The quantitative estimate of drug-likeness (QED) is 0.715. The van der Waals surface area contributed by atoms with E-state index in [0.717, 1.165) is 36.9 Å². The number of carbonyl (C=O) groups excluding carboxylic acids is 2. The number of rotatable bonds is 6. The molecule has 0 spiro atoms. The van der Waals surface area contributed by atoms with E-state index in [1.54, 1.807) is 15.6 Å². The molecule has 144 valence electrons. The van der Waals surface area contributed by atoms with E-state index in [2.05, 4.69) is 15.4 Å². The van der Waals surface area contributed by atoms with Gasteiger partial charge >= 0.3 is 0 Å². The maximum Gasteiger partial charge on any atom is 0.253 e. The minimum atomic E-state index is -0.0171. The summed E-state index contributed by atoms with van der Waals surface area (Å²) in [6, 6.07) is 11.3. The Morgan fingerprint density at radius 1 is 1.21 bits per heavy atom. The highest BCUT2D eigenvalue weighted by molar-refractivity contribution is 5.95. The van der Waals surface area contributed by atoms with Crippen molar-refractivity contribution in [1.82, 2.24) is 19.5 Å². The predicted octanol–water partition coefficient (Wildman–Crippen LogP) is 3.23. The average molecular weight is 377 g/mol. The summed E-state index contributed by atoms with van der Waals surface area (Å²) >= 11 is 0. The van der Waals surface area contributed by atoms with E-state index in [4.69, 9.17) is 0 Å². The van der Waals surface area contributed by atoms with E-state index in [0.29, 0.717) is 17.2 Å². The van der Waals surface area contributed by atoms with Gasteiger partial charge in [0.15, 0.2) is 5.65 Å². The van der Waals surface area contributed by atoms with Crippen LogP contribution in [0.25, 0.3) is 16.8 Å². The maximum atomic E-state index is 12.4. The second kappa shape index (κ2) is 7.42. The van der Waals surface area contributed by atoms with Crippen LogP contribution in [0.3, 0.4) is 0 Å². The number of pyridine rings is 1. The van der Waals surface area contributed by atoms with E-state index in [9.17, 15) is 9.59 Å². The van der Waals surface area contributed by atoms with Gasteiger partial charge in [0.2, 0.25) is 11.9 Å². The number of hydrogen-bond donors (Lipinski definition) is 1. The van der Waals surface area contributed by atoms with Crippen molar-refractivity contribution in [1.29, 1.82) is 0 Å². The SMILES string of the molecule is CCCN(C)C(=O)c1ccc(-c2cccn3nc(NC(=O)C4CC4)nc23)cc1. The molecule has 2 heterocycles. The molecule has 7 nitrogen and oxygen atoms in total. The van der Waals surface area contributed by atoms with E-state index >= 15 is 0 Å². The summed E-state index contributed by atoms with van der Waals surface area (Å²) in [5, 5.41) is 7.14. The van der Waals surface area contributed by atoms with Crippen molar-refractivity contribution in [3.05, 3.63) is 48.2 Å². The largest absolute Gasteiger partial charge is 0.342 e. The average Bonchev–Trinajstić information content (AvgIpc) is 3.47. The Labute approximate surface area is 163 Å². The highest BCUT2D eigenvalue weighted by atomic mass is 16.2. The van der Waals surface area contributed by atoms with Gasteiger partial charge in [-0.3, -0.25) is 14.9 Å². The maximum absolute atomic E-state index is 12.4. The third-order valence-corrected chi connectivity index (χ3v) is 4.89. The van der Waals surface area contributed by atoms with Crippen LogP contribution in [0.15, 0.2) is 42.6 Å². The molecule has 0 saturated heterocycles. The van der Waals surface area contributed by atoms with Gasteiger partial charge in [-0.05, 0) is 49.1 Å². The summed E-state index contributed by atoms with van der Waals surface area (Å²) in [5.74, 6) is 0.412. The van der Waals surface area contributed by atoms with Gasteiger partial charge in [-0.1, -0.05) is 19.1 Å². The Morgan fingerprint density at radius 3 is 2.64 bits per heavy atom. The molecule has 1 fully saturated rings. The first-order valence-electron chi connectivity index (χ1n) is 9.59. The smallest absolute Gasteiger partial charge is 0.253 e. The number of benzene rings is 1. The minimum Gasteiger partial charge on any atom is -0.342 e. The van der Waals surface area contributed by atoms with Gasteiger partial charge in [0.1, 0.15) is 0 Å². The summed E-state index contributed by atoms with van der Waals surface area (Å²) < 4.78 is 1.66. The third-order valence-electron chi connectivity index (χ3n) is 4.89. The topological polar surface area (TPSA) is 79.6 Å². The summed E-state index contributed by atoms with van der Waals surface area (Å²) in [7, 11) is 1.81. The minimum absolute atomic E-state index is 0.0131. The van der Waals surface area contributed by atoms with Crippen molar-refractivity contribution in [2.45, 2.75) is 26.2 Å². The lowest BCUT2D eigenvalue weighted by atomic mass is 10.0. The standard InChI is InChI=1S/C21H23N5O2/c1-3-12-25(2)20(28)16-10-6-14(7-11-16)17-5-4-13-26-18(17)22-21(24-26)23-19(27)15-8-9-15/h4-7,10-11,13,15H,3,8-9,12H2,1-2H3,(H,23,24,27). The molecule has 7 heteroatoms. The van der Waals surface area contributed by atoms with Gasteiger partial charge in [0.25, 0.3) is 5.91 Å². The summed E-state index contributed by atoms with van der Waals surface area (Å²) in [5.41, 5.74) is 3.15. The molecule has 1 aliphatic carbocycles. The third kappa shape index (κ3) is 3.60. The molecule has 2 aromatic heterocycles. The van der Waals surface area contributed by atoms with Crippen LogP contribution in [0, 0.1) is 5.92 Å². The molecule has 0 bridgehead atoms. The molecule has 3 aromatic rings. The molecule has 1 aliphatic rings. The van der Waals surface area contributed by atoms with Gasteiger partial charge in [-0.15, -0.1) is 5.10 Å². The summed E-state index contributed by atoms with van der Waals surface area (Å²) in [4.78, 5) is 30.6. The van der Waals surface area contributed by atoms with Crippen LogP contribution in [-0.4, -0.2) is 44.9 Å². The van der Waals surface area contributed by atoms with Crippen molar-refractivity contribution in [3.8, 4) is 11.1 Å². The highest BCUT2D eigenvalue weighted by Gasteiger charge is 2.30. The molecule has 0 unspecified atom stereocenters. The van der Waals surface area contributed by atoms with Crippen LogP contribution in [0.2, 0.25) is 0 Å². The molecule has 0 aliphatic heterocycles. The van der Waals surface area contributed by atoms with Crippen LogP contribution in [0.4, 0.5) is 5.95 Å². The zero-order valence-corrected chi connectivity index (χ0v) is 16.1. The molecular formula is C21H23N5O2. The molecule has 1 aromatic carbocycles. The molecule has 1 saturated carbocycles. The second-order valence-electron chi connectivity index (χ2n) is 7.19. The monoisotopic (exact) mass is 377 g/mol. The van der Waals surface area contributed by atoms with Crippen LogP contribution in [0.5, 0.6) is 0 Å². The number of aromatic nitrogens is 3. The van der Waals surface area contributed by atoms with Gasteiger partial charge in [-0.25, -0.2) is 4.52 Å². The molecule has 1 N–H and O–H groups in total. The summed E-state index contributed by atoms with van der Waals surface area (Å²) in [6.45, 7) is 2.78. The number of nitrogens with zero attached hydrogens (tertiary/aromatic N) is 4. The fourth-order valence-corrected chi connectivity index (χ4v) is 3.19. The first-order chi connectivity index (χ1) is 13.6. The van der Waals surface area contributed by atoms with Crippen molar-refractivity contribution in [2.75, 3.05) is 18.9 Å². The van der Waals surface area contributed by atoms with E-state index in [-0.39, 0.29) is 17.7 Å². The van der Waals surface area contributed by atoms with Gasteiger partial charge in [0.05, 0.1) is 0 Å². The Kier molecular flexibility index (Phi) is 4.81. The van der Waals surface area contributed by atoms with Crippen molar-refractivity contribution in [3.63, 3.8) is 0 Å². The lowest BCUT2D eigenvalue weighted by Crippen LogP contribution is -2.27. The van der Waals surface area contributed by atoms with Crippen LogP contribution in [0.1, 0.15) is 36.5 Å². The highest BCUT2D eigenvalue weighted by Crippen LogP contribution is 2.30. The lowest BCUT2D eigenvalue weighted by molar-refractivity contribution is -0.117. The molecule has 0 atom stereocenters. The number of carbonyl (C=O) groups is 2. The fourth-order valence-electron chi connectivity index (χ4n) is 3.19. The second-order valence-corrected chi connectivity index (χ2v) is 7.19. The number of fused-ring (bicyclic) bond motifs is 1. The van der Waals surface area contributed by atoms with Crippen LogP contribution < -0.4 is 5.32 Å². The van der Waals surface area contributed by atoms with Crippen LogP contribution >= 0.6 is 0 Å². The number of hydrogen-bond acceptors (Lipinski definition) is 4. The van der Waals surface area contributed by atoms with Gasteiger partial charge in [-0.2, -0.15) is 4.98 Å². The Hall–Kier alpha value is -3.22. The first-order valence-corrected chi connectivity index (χ1v) is 9.59. The molecule has 4 rings (SSSR count). The predicted molar refractivity (Wildman–Crippen MR) is 107 cm³/mol. The van der Waals surface area contributed by atoms with E-state index in [1.165, 1.54) is 0 Å². The van der Waals surface area contributed by atoms with Gasteiger partial charge < -0.3 is 4.90 Å².